The molecule has 0 saturated carbocycles. The van der Waals surface area contributed by atoms with E-state index in [1.54, 1.807) is 0 Å². The molecule has 1 atom stereocenters. The maximum atomic E-state index is 8.45. The summed E-state index contributed by atoms with van der Waals surface area (Å²) in [4.78, 5) is 0. The molecule has 0 bridgehead atoms. The summed E-state index contributed by atoms with van der Waals surface area (Å²) in [5, 5.41) is 8.45. The molecule has 2 heteroatoms. The first-order chi connectivity index (χ1) is 3.31. The fourth-order valence-electron chi connectivity index (χ4n) is 0.477. The second-order valence-electron chi connectivity index (χ2n) is 1.93. The zero-order chi connectivity index (χ0) is 5.70. The molecule has 8 heavy (non-hydrogen) atoms. The van der Waals surface area contributed by atoms with Crippen molar-refractivity contribution >= 4 is 0 Å². The Morgan fingerprint density at radius 2 is 2.12 bits per heavy atom. The minimum absolute atomic E-state index is 0. The van der Waals surface area contributed by atoms with Crippen molar-refractivity contribution in [2.75, 3.05) is 6.61 Å². The Bertz CT molecular complexity index is 39.5. The molecule has 0 rings (SSSR count). The van der Waals surface area contributed by atoms with Gasteiger partial charge in [-0.3, -0.25) is 0 Å². The van der Waals surface area contributed by atoms with Gasteiger partial charge in [-0.2, -0.15) is 0 Å². The summed E-state index contributed by atoms with van der Waals surface area (Å²) in [6.07, 6.45) is 3.09. The summed E-state index contributed by atoms with van der Waals surface area (Å²) >= 11 is 0. The van der Waals surface area contributed by atoms with Crippen molar-refractivity contribution in [1.82, 2.24) is 0 Å². The van der Waals surface area contributed by atoms with E-state index in [4.69, 9.17) is 5.11 Å². The SMILES string of the molecule is C[CH]CC(C)CO.[Zn]. The van der Waals surface area contributed by atoms with E-state index in [0.29, 0.717) is 12.5 Å². The van der Waals surface area contributed by atoms with Crippen LogP contribution >= 0.6 is 0 Å². The van der Waals surface area contributed by atoms with Crippen LogP contribution in [0.1, 0.15) is 20.3 Å². The largest absolute Gasteiger partial charge is 0.396 e. The molecule has 0 aromatic carbocycles. The van der Waals surface area contributed by atoms with E-state index in [2.05, 4.69) is 6.42 Å². The summed E-state index contributed by atoms with van der Waals surface area (Å²) in [5.74, 6) is 0.449. The van der Waals surface area contributed by atoms with Crippen LogP contribution in [0.15, 0.2) is 0 Å². The minimum Gasteiger partial charge on any atom is -0.396 e. The Morgan fingerprint density at radius 3 is 2.25 bits per heavy atom. The number of hydrogen-bond donors (Lipinski definition) is 1. The van der Waals surface area contributed by atoms with Crippen molar-refractivity contribution in [3.8, 4) is 0 Å². The third-order valence-electron chi connectivity index (χ3n) is 0.950. The first-order valence-electron chi connectivity index (χ1n) is 2.70. The first kappa shape index (κ1) is 11.4. The van der Waals surface area contributed by atoms with Crippen LogP contribution in [-0.2, 0) is 19.5 Å². The van der Waals surface area contributed by atoms with Crippen LogP contribution in [0.5, 0.6) is 0 Å². The van der Waals surface area contributed by atoms with E-state index >= 15 is 0 Å². The standard InChI is InChI=1S/C6H13O.Zn/c1-3-4-6(2)5-7;/h3,6-7H,4-5H2,1-2H3;. The minimum atomic E-state index is 0. The summed E-state index contributed by atoms with van der Waals surface area (Å²) in [5.41, 5.74) is 0. The summed E-state index contributed by atoms with van der Waals surface area (Å²) < 4.78 is 0. The molecular formula is C6H13OZn. The van der Waals surface area contributed by atoms with Crippen LogP contribution in [0.2, 0.25) is 0 Å². The van der Waals surface area contributed by atoms with Gasteiger partial charge in [0.1, 0.15) is 0 Å². The van der Waals surface area contributed by atoms with Gasteiger partial charge in [-0.05, 0) is 18.8 Å². The molecule has 0 aliphatic heterocycles. The van der Waals surface area contributed by atoms with Gasteiger partial charge in [0.05, 0.1) is 0 Å². The molecule has 1 radical (unpaired) electrons. The monoisotopic (exact) mass is 165 g/mol. The van der Waals surface area contributed by atoms with Crippen molar-refractivity contribution in [1.29, 1.82) is 0 Å². The predicted octanol–water partition coefficient (Wildman–Crippen LogP) is 1.23. The fourth-order valence-corrected chi connectivity index (χ4v) is 0.477. The van der Waals surface area contributed by atoms with E-state index in [-0.39, 0.29) is 19.5 Å². The number of aliphatic hydroxyl groups is 1. The van der Waals surface area contributed by atoms with E-state index in [1.165, 1.54) is 0 Å². The molecule has 1 nitrogen and oxygen atoms in total. The zero-order valence-corrected chi connectivity index (χ0v) is 8.69. The topological polar surface area (TPSA) is 20.2 Å². The first-order valence-corrected chi connectivity index (χ1v) is 2.70. The summed E-state index contributed by atoms with van der Waals surface area (Å²) in [6.45, 7) is 4.34. The third kappa shape index (κ3) is 6.58. The van der Waals surface area contributed by atoms with Crippen LogP contribution in [0.4, 0.5) is 0 Å². The molecule has 1 unspecified atom stereocenters. The van der Waals surface area contributed by atoms with Gasteiger partial charge < -0.3 is 5.11 Å². The van der Waals surface area contributed by atoms with Gasteiger partial charge in [0.2, 0.25) is 0 Å². The molecular weight excluding hydrogens is 153 g/mol. The molecule has 0 saturated heterocycles. The van der Waals surface area contributed by atoms with E-state index in [1.807, 2.05) is 13.8 Å². The Labute approximate surface area is 64.2 Å². The quantitative estimate of drug-likeness (QED) is 0.626. The molecule has 0 amide bonds. The summed E-state index contributed by atoms with van der Waals surface area (Å²) in [6, 6.07) is 0. The summed E-state index contributed by atoms with van der Waals surface area (Å²) in [7, 11) is 0. The van der Waals surface area contributed by atoms with E-state index < -0.39 is 0 Å². The van der Waals surface area contributed by atoms with Gasteiger partial charge in [-0.15, -0.1) is 0 Å². The predicted molar refractivity (Wildman–Crippen MR) is 30.8 cm³/mol. The maximum Gasteiger partial charge on any atom is 0.0456 e. The molecule has 0 aliphatic carbocycles. The molecule has 1 N–H and O–H groups in total. The van der Waals surface area contributed by atoms with Gasteiger partial charge in [-0.25, -0.2) is 0 Å². The van der Waals surface area contributed by atoms with Gasteiger partial charge in [0, 0.05) is 26.1 Å². The second kappa shape index (κ2) is 7.58. The van der Waals surface area contributed by atoms with Crippen molar-refractivity contribution < 1.29 is 24.6 Å². The third-order valence-corrected chi connectivity index (χ3v) is 0.950. The van der Waals surface area contributed by atoms with Gasteiger partial charge in [0.25, 0.3) is 0 Å². The Morgan fingerprint density at radius 1 is 1.62 bits per heavy atom. The average Bonchev–Trinajstić information content (AvgIpc) is 1.68. The number of hydrogen-bond acceptors (Lipinski definition) is 1. The van der Waals surface area contributed by atoms with Crippen LogP contribution in [-0.4, -0.2) is 11.7 Å². The zero-order valence-electron chi connectivity index (χ0n) is 5.72. The fraction of sp³-hybridized carbons (Fsp3) is 0.833. The number of aliphatic hydroxyl groups excluding tert-OH is 1. The molecule has 0 aromatic heterocycles. The molecule has 45 valence electrons. The van der Waals surface area contributed by atoms with Crippen LogP contribution in [0.25, 0.3) is 0 Å². The van der Waals surface area contributed by atoms with Crippen LogP contribution in [0.3, 0.4) is 0 Å². The Kier molecular flexibility index (Phi) is 10.8. The molecule has 0 aromatic rings. The van der Waals surface area contributed by atoms with Gasteiger partial charge in [-0.1, -0.05) is 13.8 Å². The van der Waals surface area contributed by atoms with E-state index in [0.717, 1.165) is 6.42 Å². The maximum absolute atomic E-state index is 8.45. The van der Waals surface area contributed by atoms with Crippen LogP contribution in [0, 0.1) is 12.3 Å². The van der Waals surface area contributed by atoms with Crippen LogP contribution < -0.4 is 0 Å². The smallest absolute Gasteiger partial charge is 0.0456 e. The van der Waals surface area contributed by atoms with Crippen molar-refractivity contribution in [2.45, 2.75) is 20.3 Å². The molecule has 0 heterocycles. The normalized spacial score (nSPS) is 12.4. The van der Waals surface area contributed by atoms with Gasteiger partial charge in [0.15, 0.2) is 0 Å². The van der Waals surface area contributed by atoms with Crippen molar-refractivity contribution in [2.24, 2.45) is 5.92 Å². The number of rotatable bonds is 3. The molecule has 0 spiro atoms. The van der Waals surface area contributed by atoms with Gasteiger partial charge >= 0.3 is 0 Å². The van der Waals surface area contributed by atoms with E-state index in [9.17, 15) is 0 Å². The van der Waals surface area contributed by atoms with Crippen molar-refractivity contribution in [3.05, 3.63) is 6.42 Å². The average molecular weight is 167 g/mol. The Hall–Kier alpha value is 0.583. The van der Waals surface area contributed by atoms with Crippen molar-refractivity contribution in [3.63, 3.8) is 0 Å². The second-order valence-corrected chi connectivity index (χ2v) is 1.93. The Balaban J connectivity index is 0. The molecule has 0 fully saturated rings. The molecule has 0 aliphatic rings.